The first-order valence-corrected chi connectivity index (χ1v) is 9.82. The Hall–Kier alpha value is -1.44. The number of aliphatic hydroxyl groups is 1. The first-order valence-electron chi connectivity index (χ1n) is 9.82. The van der Waals surface area contributed by atoms with Crippen LogP contribution >= 0.6 is 0 Å². The minimum atomic E-state index is -0.0340. The average molecular weight is 364 g/mol. The minimum absolute atomic E-state index is 0.0340. The largest absolute Gasteiger partial charge is 0.396 e. The van der Waals surface area contributed by atoms with E-state index >= 15 is 0 Å². The zero-order valence-corrected chi connectivity index (χ0v) is 16.1. The molecular formula is C19H32N4O3. The first-order chi connectivity index (χ1) is 12.5. The molecule has 146 valence electrons. The van der Waals surface area contributed by atoms with Gasteiger partial charge in [0.25, 0.3) is 5.91 Å². The maximum absolute atomic E-state index is 12.8. The fourth-order valence-corrected chi connectivity index (χ4v) is 4.31. The summed E-state index contributed by atoms with van der Waals surface area (Å²) in [7, 11) is 0. The molecule has 2 saturated heterocycles. The van der Waals surface area contributed by atoms with Crippen molar-refractivity contribution in [2.75, 3.05) is 39.3 Å². The van der Waals surface area contributed by atoms with Crippen molar-refractivity contribution in [2.24, 2.45) is 11.8 Å². The molecule has 4 atom stereocenters. The van der Waals surface area contributed by atoms with Gasteiger partial charge in [0, 0.05) is 50.9 Å². The lowest BCUT2D eigenvalue weighted by Gasteiger charge is -2.37. The third-order valence-electron chi connectivity index (χ3n) is 5.46. The summed E-state index contributed by atoms with van der Waals surface area (Å²) in [6, 6.07) is 1.86. The van der Waals surface area contributed by atoms with Crippen molar-refractivity contribution in [3.05, 3.63) is 17.5 Å². The Kier molecular flexibility index (Phi) is 6.32. The molecule has 0 aromatic carbocycles. The molecule has 2 N–H and O–H groups in total. The number of hydrogen-bond donors (Lipinski definition) is 2. The summed E-state index contributed by atoms with van der Waals surface area (Å²) in [6.07, 6.45) is 2.37. The van der Waals surface area contributed by atoms with Gasteiger partial charge in [0.1, 0.15) is 5.69 Å². The number of hydrogen-bond acceptors (Lipinski definition) is 5. The number of H-pyrrole nitrogens is 1. The number of nitrogens with zero attached hydrogens (tertiary/aromatic N) is 3. The maximum Gasteiger partial charge on any atom is 0.274 e. The number of carbonyl (C=O) groups excluding carboxylic acids is 1. The molecule has 2 aliphatic heterocycles. The molecule has 26 heavy (non-hydrogen) atoms. The summed E-state index contributed by atoms with van der Waals surface area (Å²) in [5.74, 6) is 0.380. The van der Waals surface area contributed by atoms with Crippen LogP contribution in [0.3, 0.4) is 0 Å². The molecule has 3 heterocycles. The van der Waals surface area contributed by atoms with Gasteiger partial charge in [-0.15, -0.1) is 0 Å². The summed E-state index contributed by atoms with van der Waals surface area (Å²) >= 11 is 0. The van der Waals surface area contributed by atoms with Crippen LogP contribution in [0.25, 0.3) is 0 Å². The number of aromatic nitrogens is 2. The summed E-state index contributed by atoms with van der Waals surface area (Å²) < 4.78 is 5.81. The SMILES string of the molecule is CCCc1cc(C(=O)N2C[C@@H](CN3C[C@@H](C)O[C@@H](C)C3)[C@@H](CO)C2)n[nH]1. The number of nitrogens with one attached hydrogen (secondary N) is 1. The van der Waals surface area contributed by atoms with Crippen LogP contribution in [0.5, 0.6) is 0 Å². The highest BCUT2D eigenvalue weighted by atomic mass is 16.5. The van der Waals surface area contributed by atoms with E-state index in [1.807, 2.05) is 11.0 Å². The van der Waals surface area contributed by atoms with Gasteiger partial charge < -0.3 is 14.7 Å². The van der Waals surface area contributed by atoms with E-state index in [2.05, 4.69) is 35.9 Å². The second kappa shape index (κ2) is 8.50. The number of aliphatic hydroxyl groups excluding tert-OH is 1. The van der Waals surface area contributed by atoms with Crippen LogP contribution in [0, 0.1) is 11.8 Å². The zero-order chi connectivity index (χ0) is 18.7. The molecule has 0 spiro atoms. The van der Waals surface area contributed by atoms with Crippen molar-refractivity contribution in [3.63, 3.8) is 0 Å². The number of amides is 1. The van der Waals surface area contributed by atoms with Crippen LogP contribution in [0.2, 0.25) is 0 Å². The molecule has 1 amide bonds. The van der Waals surface area contributed by atoms with Gasteiger partial charge in [0.2, 0.25) is 0 Å². The smallest absolute Gasteiger partial charge is 0.274 e. The lowest BCUT2D eigenvalue weighted by molar-refractivity contribution is -0.0726. The molecule has 7 heteroatoms. The fourth-order valence-electron chi connectivity index (χ4n) is 4.31. The number of likely N-dealkylation sites (tertiary alicyclic amines) is 1. The van der Waals surface area contributed by atoms with E-state index in [9.17, 15) is 9.90 Å². The van der Waals surface area contributed by atoms with Gasteiger partial charge in [-0.05, 0) is 32.3 Å². The molecule has 2 fully saturated rings. The van der Waals surface area contributed by atoms with Crippen molar-refractivity contribution in [1.29, 1.82) is 0 Å². The molecule has 0 saturated carbocycles. The van der Waals surface area contributed by atoms with Crippen molar-refractivity contribution >= 4 is 5.91 Å². The summed E-state index contributed by atoms with van der Waals surface area (Å²) in [5.41, 5.74) is 1.49. The topological polar surface area (TPSA) is 81.7 Å². The van der Waals surface area contributed by atoms with Crippen LogP contribution in [-0.2, 0) is 11.2 Å². The highest BCUT2D eigenvalue weighted by molar-refractivity contribution is 5.92. The van der Waals surface area contributed by atoms with Gasteiger partial charge >= 0.3 is 0 Å². The van der Waals surface area contributed by atoms with E-state index in [-0.39, 0.29) is 36.6 Å². The van der Waals surface area contributed by atoms with Crippen LogP contribution in [-0.4, -0.2) is 82.5 Å². The van der Waals surface area contributed by atoms with Crippen molar-refractivity contribution in [1.82, 2.24) is 20.0 Å². The summed E-state index contributed by atoms with van der Waals surface area (Å²) in [4.78, 5) is 17.1. The van der Waals surface area contributed by atoms with E-state index in [1.54, 1.807) is 0 Å². The number of aryl methyl sites for hydroxylation is 1. The second-order valence-electron chi connectivity index (χ2n) is 7.92. The van der Waals surface area contributed by atoms with Gasteiger partial charge in [0.15, 0.2) is 0 Å². The quantitative estimate of drug-likeness (QED) is 0.791. The predicted molar refractivity (Wildman–Crippen MR) is 99.0 cm³/mol. The van der Waals surface area contributed by atoms with Crippen LogP contribution < -0.4 is 0 Å². The molecular weight excluding hydrogens is 332 g/mol. The second-order valence-corrected chi connectivity index (χ2v) is 7.92. The highest BCUT2D eigenvalue weighted by Crippen LogP contribution is 2.26. The Bertz CT molecular complexity index is 595. The minimum Gasteiger partial charge on any atom is -0.396 e. The zero-order valence-electron chi connectivity index (χ0n) is 16.1. The standard InChI is InChI=1S/C19H32N4O3/c1-4-5-17-6-18(21-20-17)19(25)23-10-15(16(11-23)12-24)9-22-7-13(2)26-14(3)8-22/h6,13-16,24H,4-5,7-12H2,1-3H3,(H,20,21)/t13-,14+,15-,16-/m1/s1. The van der Waals surface area contributed by atoms with E-state index in [1.165, 1.54) is 0 Å². The number of carbonyl (C=O) groups is 1. The Balaban J connectivity index is 1.61. The monoisotopic (exact) mass is 364 g/mol. The highest BCUT2D eigenvalue weighted by Gasteiger charge is 2.37. The Labute approximate surface area is 155 Å². The van der Waals surface area contributed by atoms with Gasteiger partial charge in [-0.3, -0.25) is 14.8 Å². The fraction of sp³-hybridized carbons (Fsp3) is 0.789. The lowest BCUT2D eigenvalue weighted by atomic mass is 9.96. The Morgan fingerprint density at radius 3 is 2.62 bits per heavy atom. The number of aromatic amines is 1. The van der Waals surface area contributed by atoms with Gasteiger partial charge in [-0.1, -0.05) is 13.3 Å². The molecule has 0 aliphatic carbocycles. The molecule has 3 rings (SSSR count). The molecule has 7 nitrogen and oxygen atoms in total. The van der Waals surface area contributed by atoms with Crippen LogP contribution in [0.4, 0.5) is 0 Å². The third kappa shape index (κ3) is 4.45. The van der Waals surface area contributed by atoms with Crippen molar-refractivity contribution in [3.8, 4) is 0 Å². The Morgan fingerprint density at radius 2 is 1.96 bits per heavy atom. The summed E-state index contributed by atoms with van der Waals surface area (Å²) in [5, 5.41) is 17.0. The van der Waals surface area contributed by atoms with E-state index in [0.29, 0.717) is 18.8 Å². The third-order valence-corrected chi connectivity index (χ3v) is 5.46. The maximum atomic E-state index is 12.8. The van der Waals surface area contributed by atoms with Gasteiger partial charge in [0.05, 0.1) is 12.2 Å². The number of ether oxygens (including phenoxy) is 1. The molecule has 2 aliphatic rings. The first kappa shape index (κ1) is 19.3. The summed E-state index contributed by atoms with van der Waals surface area (Å²) in [6.45, 7) is 10.4. The van der Waals surface area contributed by atoms with E-state index in [0.717, 1.165) is 38.2 Å². The van der Waals surface area contributed by atoms with Gasteiger partial charge in [-0.2, -0.15) is 5.10 Å². The predicted octanol–water partition coefficient (Wildman–Crippen LogP) is 1.15. The molecule has 1 aromatic rings. The van der Waals surface area contributed by atoms with Gasteiger partial charge in [-0.25, -0.2) is 0 Å². The Morgan fingerprint density at radius 1 is 1.27 bits per heavy atom. The number of rotatable bonds is 6. The van der Waals surface area contributed by atoms with Crippen molar-refractivity contribution in [2.45, 2.75) is 45.8 Å². The number of morpholine rings is 1. The molecule has 1 aromatic heterocycles. The van der Waals surface area contributed by atoms with Crippen LogP contribution in [0.1, 0.15) is 43.4 Å². The molecule has 0 unspecified atom stereocenters. The van der Waals surface area contributed by atoms with E-state index < -0.39 is 0 Å². The normalized spacial score (nSPS) is 30.1. The average Bonchev–Trinajstić information content (AvgIpc) is 3.20. The van der Waals surface area contributed by atoms with E-state index in [4.69, 9.17) is 4.74 Å². The molecule has 0 radical (unpaired) electrons. The van der Waals surface area contributed by atoms with Crippen LogP contribution in [0.15, 0.2) is 6.07 Å². The lowest BCUT2D eigenvalue weighted by Crippen LogP contribution is -2.48. The van der Waals surface area contributed by atoms with Crippen molar-refractivity contribution < 1.29 is 14.6 Å². The molecule has 0 bridgehead atoms.